The van der Waals surface area contributed by atoms with Crippen molar-refractivity contribution in [1.82, 2.24) is 10.2 Å². The zero-order valence-corrected chi connectivity index (χ0v) is 13.0. The Morgan fingerprint density at radius 2 is 2.05 bits per heavy atom. The Labute approximate surface area is 126 Å². The molecule has 112 valence electrons. The van der Waals surface area contributed by atoms with Crippen LogP contribution < -0.4 is 5.32 Å². The standard InChI is InChI=1S/C15H22N2O2.ClH/c1-3-17(7-8-19-4-2)15(18)12-5-6-13-10-16-11-14(13)9-12;/h5-6,9,16H,3-4,7-8,10-11H2,1-2H3;1H. The molecule has 1 aliphatic rings. The van der Waals surface area contributed by atoms with Gasteiger partial charge in [0, 0.05) is 38.3 Å². The Morgan fingerprint density at radius 3 is 2.75 bits per heavy atom. The number of fused-ring (bicyclic) bond motifs is 1. The quantitative estimate of drug-likeness (QED) is 0.819. The van der Waals surface area contributed by atoms with Gasteiger partial charge in [0.15, 0.2) is 0 Å². The van der Waals surface area contributed by atoms with Crippen LogP contribution in [0.1, 0.15) is 35.3 Å². The van der Waals surface area contributed by atoms with Crippen LogP contribution in [-0.4, -0.2) is 37.1 Å². The molecule has 0 aliphatic carbocycles. The number of carbonyl (C=O) groups excluding carboxylic acids is 1. The molecule has 1 amide bonds. The first-order valence-corrected chi connectivity index (χ1v) is 6.95. The van der Waals surface area contributed by atoms with E-state index < -0.39 is 0 Å². The van der Waals surface area contributed by atoms with Gasteiger partial charge in [-0.3, -0.25) is 4.79 Å². The molecule has 0 atom stereocenters. The Kier molecular flexibility index (Phi) is 6.99. The third-order valence-corrected chi connectivity index (χ3v) is 3.46. The zero-order chi connectivity index (χ0) is 13.7. The fourth-order valence-corrected chi connectivity index (χ4v) is 2.33. The lowest BCUT2D eigenvalue weighted by atomic mass is 10.1. The van der Waals surface area contributed by atoms with E-state index in [1.807, 2.05) is 30.9 Å². The monoisotopic (exact) mass is 298 g/mol. The molecule has 1 aliphatic heterocycles. The van der Waals surface area contributed by atoms with E-state index in [2.05, 4.69) is 11.4 Å². The molecule has 0 fully saturated rings. The highest BCUT2D eigenvalue weighted by atomic mass is 35.5. The zero-order valence-electron chi connectivity index (χ0n) is 12.1. The van der Waals surface area contributed by atoms with Crippen molar-refractivity contribution in [3.63, 3.8) is 0 Å². The Morgan fingerprint density at radius 1 is 1.30 bits per heavy atom. The largest absolute Gasteiger partial charge is 0.380 e. The van der Waals surface area contributed by atoms with Gasteiger partial charge in [-0.1, -0.05) is 6.07 Å². The first kappa shape index (κ1) is 17.0. The number of hydrogen-bond donors (Lipinski definition) is 1. The fourth-order valence-electron chi connectivity index (χ4n) is 2.33. The van der Waals surface area contributed by atoms with Crippen LogP contribution in [0.25, 0.3) is 0 Å². The minimum absolute atomic E-state index is 0. The van der Waals surface area contributed by atoms with Crippen molar-refractivity contribution in [2.24, 2.45) is 0 Å². The van der Waals surface area contributed by atoms with Gasteiger partial charge in [0.25, 0.3) is 5.91 Å². The molecule has 1 aromatic carbocycles. The predicted molar refractivity (Wildman–Crippen MR) is 82.3 cm³/mol. The second-order valence-electron chi connectivity index (χ2n) is 4.67. The number of halogens is 1. The summed E-state index contributed by atoms with van der Waals surface area (Å²) in [7, 11) is 0. The highest BCUT2D eigenvalue weighted by Crippen LogP contribution is 2.18. The number of benzene rings is 1. The lowest BCUT2D eigenvalue weighted by Gasteiger charge is -2.21. The molecule has 1 N–H and O–H groups in total. The second-order valence-corrected chi connectivity index (χ2v) is 4.67. The van der Waals surface area contributed by atoms with Crippen molar-refractivity contribution in [3.05, 3.63) is 34.9 Å². The average molecular weight is 299 g/mol. The van der Waals surface area contributed by atoms with E-state index in [-0.39, 0.29) is 18.3 Å². The molecule has 5 heteroatoms. The van der Waals surface area contributed by atoms with Crippen LogP contribution in [-0.2, 0) is 17.8 Å². The third-order valence-electron chi connectivity index (χ3n) is 3.46. The number of rotatable bonds is 6. The molecular formula is C15H23ClN2O2. The van der Waals surface area contributed by atoms with Crippen LogP contribution in [0.5, 0.6) is 0 Å². The van der Waals surface area contributed by atoms with E-state index in [0.29, 0.717) is 26.3 Å². The summed E-state index contributed by atoms with van der Waals surface area (Å²) in [6, 6.07) is 6.00. The van der Waals surface area contributed by atoms with Crippen LogP contribution in [0, 0.1) is 0 Å². The lowest BCUT2D eigenvalue weighted by molar-refractivity contribution is 0.0669. The van der Waals surface area contributed by atoms with Gasteiger partial charge in [-0.05, 0) is 37.1 Å². The van der Waals surface area contributed by atoms with Gasteiger partial charge in [-0.2, -0.15) is 0 Å². The number of nitrogens with one attached hydrogen (secondary N) is 1. The molecule has 0 spiro atoms. The average Bonchev–Trinajstić information content (AvgIpc) is 2.90. The minimum atomic E-state index is 0. The summed E-state index contributed by atoms with van der Waals surface area (Å²) in [6.07, 6.45) is 0. The van der Waals surface area contributed by atoms with E-state index in [0.717, 1.165) is 18.7 Å². The summed E-state index contributed by atoms with van der Waals surface area (Å²) in [6.45, 7) is 8.39. The highest BCUT2D eigenvalue weighted by molar-refractivity contribution is 5.94. The van der Waals surface area contributed by atoms with Crippen molar-refractivity contribution < 1.29 is 9.53 Å². The predicted octanol–water partition coefficient (Wildman–Crippen LogP) is 2.21. The summed E-state index contributed by atoms with van der Waals surface area (Å²) in [5.41, 5.74) is 3.32. The second kappa shape index (κ2) is 8.25. The summed E-state index contributed by atoms with van der Waals surface area (Å²) in [5.74, 6) is 0.0944. The number of ether oxygens (including phenoxy) is 1. The molecule has 0 saturated heterocycles. The minimum Gasteiger partial charge on any atom is -0.380 e. The molecule has 0 saturated carbocycles. The van der Waals surface area contributed by atoms with Gasteiger partial charge in [0.2, 0.25) is 0 Å². The molecule has 4 nitrogen and oxygen atoms in total. The maximum atomic E-state index is 12.4. The molecule has 2 rings (SSSR count). The number of likely N-dealkylation sites (N-methyl/N-ethyl adjacent to an activating group) is 1. The third kappa shape index (κ3) is 3.95. The molecule has 0 bridgehead atoms. The van der Waals surface area contributed by atoms with Crippen molar-refractivity contribution in [1.29, 1.82) is 0 Å². The van der Waals surface area contributed by atoms with Crippen molar-refractivity contribution >= 4 is 18.3 Å². The Hall–Kier alpha value is -1.10. The SMILES string of the molecule is CCOCCN(CC)C(=O)c1ccc2c(c1)CNC2.Cl. The smallest absolute Gasteiger partial charge is 0.253 e. The summed E-state index contributed by atoms with van der Waals surface area (Å²) in [4.78, 5) is 14.3. The van der Waals surface area contributed by atoms with Gasteiger partial charge in [0.05, 0.1) is 6.61 Å². The molecule has 0 unspecified atom stereocenters. The number of amides is 1. The van der Waals surface area contributed by atoms with Crippen molar-refractivity contribution in [2.45, 2.75) is 26.9 Å². The van der Waals surface area contributed by atoms with Gasteiger partial charge in [0.1, 0.15) is 0 Å². The van der Waals surface area contributed by atoms with Crippen LogP contribution in [0.2, 0.25) is 0 Å². The van der Waals surface area contributed by atoms with Crippen LogP contribution >= 0.6 is 12.4 Å². The number of hydrogen-bond acceptors (Lipinski definition) is 3. The summed E-state index contributed by atoms with van der Waals surface area (Å²) in [5, 5.41) is 3.29. The first-order chi connectivity index (χ1) is 9.26. The first-order valence-electron chi connectivity index (χ1n) is 6.95. The van der Waals surface area contributed by atoms with Crippen LogP contribution in [0.4, 0.5) is 0 Å². The van der Waals surface area contributed by atoms with E-state index >= 15 is 0 Å². The van der Waals surface area contributed by atoms with E-state index in [4.69, 9.17) is 4.74 Å². The van der Waals surface area contributed by atoms with Gasteiger partial charge in [-0.15, -0.1) is 12.4 Å². The molecule has 20 heavy (non-hydrogen) atoms. The molecule has 1 aromatic rings. The summed E-state index contributed by atoms with van der Waals surface area (Å²) >= 11 is 0. The Balaban J connectivity index is 0.00000200. The maximum Gasteiger partial charge on any atom is 0.253 e. The fraction of sp³-hybridized carbons (Fsp3) is 0.533. The highest BCUT2D eigenvalue weighted by Gasteiger charge is 2.17. The molecular weight excluding hydrogens is 276 g/mol. The van der Waals surface area contributed by atoms with Crippen LogP contribution in [0.15, 0.2) is 18.2 Å². The topological polar surface area (TPSA) is 41.6 Å². The number of nitrogens with zero attached hydrogens (tertiary/aromatic N) is 1. The normalized spacial score (nSPS) is 12.7. The Bertz CT molecular complexity index is 451. The van der Waals surface area contributed by atoms with Crippen molar-refractivity contribution in [2.75, 3.05) is 26.3 Å². The van der Waals surface area contributed by atoms with E-state index in [1.165, 1.54) is 11.1 Å². The lowest BCUT2D eigenvalue weighted by Crippen LogP contribution is -2.34. The van der Waals surface area contributed by atoms with Gasteiger partial charge in [-0.25, -0.2) is 0 Å². The molecule has 1 heterocycles. The number of carbonyl (C=O) groups is 1. The van der Waals surface area contributed by atoms with Gasteiger partial charge >= 0.3 is 0 Å². The van der Waals surface area contributed by atoms with E-state index in [9.17, 15) is 4.79 Å². The van der Waals surface area contributed by atoms with E-state index in [1.54, 1.807) is 0 Å². The van der Waals surface area contributed by atoms with Crippen molar-refractivity contribution in [3.8, 4) is 0 Å². The van der Waals surface area contributed by atoms with Crippen LogP contribution in [0.3, 0.4) is 0 Å². The van der Waals surface area contributed by atoms with Gasteiger partial charge < -0.3 is 15.0 Å². The summed E-state index contributed by atoms with van der Waals surface area (Å²) < 4.78 is 5.32. The maximum absolute atomic E-state index is 12.4. The molecule has 0 radical (unpaired) electrons. The molecule has 0 aromatic heterocycles.